The van der Waals surface area contributed by atoms with Crippen LogP contribution in [0.4, 0.5) is 0 Å². The van der Waals surface area contributed by atoms with Crippen molar-refractivity contribution in [2.24, 2.45) is 5.16 Å². The van der Waals surface area contributed by atoms with Crippen molar-refractivity contribution in [2.45, 2.75) is 19.8 Å². The molecule has 0 spiro atoms. The Morgan fingerprint density at radius 2 is 2.36 bits per heavy atom. The van der Waals surface area contributed by atoms with Crippen molar-refractivity contribution in [3.63, 3.8) is 0 Å². The van der Waals surface area contributed by atoms with E-state index in [0.29, 0.717) is 5.90 Å². The summed E-state index contributed by atoms with van der Waals surface area (Å²) in [6, 6.07) is 7.36. The van der Waals surface area contributed by atoms with E-state index in [2.05, 4.69) is 5.16 Å². The van der Waals surface area contributed by atoms with E-state index in [1.807, 2.05) is 24.3 Å². The molecule has 4 heteroatoms. The summed E-state index contributed by atoms with van der Waals surface area (Å²) in [5.41, 5.74) is 1.65. The van der Waals surface area contributed by atoms with E-state index in [0.717, 1.165) is 11.1 Å². The fourth-order valence-corrected chi connectivity index (χ4v) is 1.25. The number of aliphatic hydroxyl groups excluding tert-OH is 1. The van der Waals surface area contributed by atoms with Crippen molar-refractivity contribution in [1.82, 2.24) is 0 Å². The van der Waals surface area contributed by atoms with Gasteiger partial charge in [-0.2, -0.15) is 0 Å². The molecule has 14 heavy (non-hydrogen) atoms. The van der Waals surface area contributed by atoms with Crippen LogP contribution in [0.2, 0.25) is 0 Å². The van der Waals surface area contributed by atoms with Gasteiger partial charge in [-0.3, -0.25) is 0 Å². The van der Waals surface area contributed by atoms with Crippen LogP contribution in [0.25, 0.3) is 0 Å². The predicted molar refractivity (Wildman–Crippen MR) is 50.5 cm³/mol. The van der Waals surface area contributed by atoms with Gasteiger partial charge >= 0.3 is 0 Å². The normalized spacial score (nSPS) is 19.9. The molecule has 0 aromatic heterocycles. The summed E-state index contributed by atoms with van der Waals surface area (Å²) < 4.78 is 5.29. The fraction of sp³-hybridized carbons (Fsp3) is 0.300. The van der Waals surface area contributed by atoms with Crippen LogP contribution in [-0.4, -0.2) is 17.3 Å². The lowest BCUT2D eigenvalue weighted by molar-refractivity contribution is -0.0317. The number of rotatable bonds is 2. The molecule has 1 atom stereocenters. The first-order chi connectivity index (χ1) is 6.79. The van der Waals surface area contributed by atoms with Gasteiger partial charge in [-0.1, -0.05) is 12.1 Å². The number of aliphatic hydroxyl groups is 1. The maximum atomic E-state index is 8.94. The number of ether oxygens (including phenoxy) is 1. The molecule has 1 unspecified atom stereocenters. The summed E-state index contributed by atoms with van der Waals surface area (Å²) in [6.07, 6.45) is -0.331. The van der Waals surface area contributed by atoms with Gasteiger partial charge in [-0.25, -0.2) is 0 Å². The van der Waals surface area contributed by atoms with Crippen molar-refractivity contribution in [3.05, 3.63) is 35.4 Å². The monoisotopic (exact) mass is 193 g/mol. The Morgan fingerprint density at radius 1 is 1.50 bits per heavy atom. The molecule has 1 aromatic rings. The molecule has 2 rings (SSSR count). The third-order valence-corrected chi connectivity index (χ3v) is 1.92. The smallest absolute Gasteiger partial charge is 0.264 e. The van der Waals surface area contributed by atoms with Gasteiger partial charge in [0.25, 0.3) is 12.2 Å². The Balaban J connectivity index is 2.24. The zero-order valence-electron chi connectivity index (χ0n) is 7.80. The van der Waals surface area contributed by atoms with Crippen LogP contribution < -0.4 is 0 Å². The lowest BCUT2D eigenvalue weighted by Gasteiger charge is -2.03. The summed E-state index contributed by atoms with van der Waals surface area (Å²) >= 11 is 0. The zero-order chi connectivity index (χ0) is 9.97. The molecule has 1 heterocycles. The molecule has 0 radical (unpaired) electrons. The first-order valence-corrected chi connectivity index (χ1v) is 4.40. The summed E-state index contributed by atoms with van der Waals surface area (Å²) in [7, 11) is 0. The SMILES string of the molecule is CC1ON=C(c2cccc(CO)c2)O1. The molecule has 0 bridgehead atoms. The molecule has 1 N–H and O–H groups in total. The van der Waals surface area contributed by atoms with E-state index in [-0.39, 0.29) is 12.9 Å². The molecule has 0 amide bonds. The Labute approximate surface area is 81.8 Å². The van der Waals surface area contributed by atoms with Crippen LogP contribution >= 0.6 is 0 Å². The van der Waals surface area contributed by atoms with Crippen LogP contribution in [0.1, 0.15) is 18.1 Å². The number of nitrogens with zero attached hydrogens (tertiary/aromatic N) is 1. The third-order valence-electron chi connectivity index (χ3n) is 1.92. The molecule has 1 aliphatic heterocycles. The molecule has 0 saturated heterocycles. The molecule has 1 aliphatic rings. The molecule has 0 fully saturated rings. The highest BCUT2D eigenvalue weighted by Gasteiger charge is 2.18. The minimum atomic E-state index is -0.331. The quantitative estimate of drug-likeness (QED) is 0.768. The number of hydrogen-bond donors (Lipinski definition) is 1. The van der Waals surface area contributed by atoms with Crippen LogP contribution in [0.5, 0.6) is 0 Å². The second-order valence-corrected chi connectivity index (χ2v) is 3.05. The van der Waals surface area contributed by atoms with Gasteiger partial charge in [-0.05, 0) is 22.9 Å². The zero-order valence-corrected chi connectivity index (χ0v) is 7.80. The molecule has 0 aliphatic carbocycles. The highest BCUT2D eigenvalue weighted by atomic mass is 16.8. The van der Waals surface area contributed by atoms with Gasteiger partial charge in [0.15, 0.2) is 0 Å². The van der Waals surface area contributed by atoms with E-state index in [4.69, 9.17) is 14.7 Å². The largest absolute Gasteiger partial charge is 0.433 e. The standard InChI is InChI=1S/C10H11NO3/c1-7-13-10(11-14-7)9-4-2-3-8(5-9)6-12/h2-5,7,12H,6H2,1H3. The Hall–Kier alpha value is -1.55. The van der Waals surface area contributed by atoms with E-state index in [9.17, 15) is 0 Å². The highest BCUT2D eigenvalue weighted by molar-refractivity contribution is 5.94. The third kappa shape index (κ3) is 1.70. The van der Waals surface area contributed by atoms with Gasteiger partial charge in [0.1, 0.15) is 0 Å². The number of benzene rings is 1. The van der Waals surface area contributed by atoms with Crippen molar-refractivity contribution < 1.29 is 14.7 Å². The second-order valence-electron chi connectivity index (χ2n) is 3.05. The maximum Gasteiger partial charge on any atom is 0.264 e. The topological polar surface area (TPSA) is 51.0 Å². The first-order valence-electron chi connectivity index (χ1n) is 4.40. The van der Waals surface area contributed by atoms with Crippen molar-refractivity contribution in [3.8, 4) is 0 Å². The molecular formula is C10H11NO3. The van der Waals surface area contributed by atoms with Gasteiger partial charge in [0.2, 0.25) is 0 Å². The van der Waals surface area contributed by atoms with Crippen LogP contribution in [0.3, 0.4) is 0 Å². The van der Waals surface area contributed by atoms with Crippen molar-refractivity contribution >= 4 is 5.90 Å². The van der Waals surface area contributed by atoms with E-state index >= 15 is 0 Å². The summed E-state index contributed by atoms with van der Waals surface area (Å²) in [6.45, 7) is 1.78. The van der Waals surface area contributed by atoms with E-state index < -0.39 is 0 Å². The minimum Gasteiger partial charge on any atom is -0.433 e. The van der Waals surface area contributed by atoms with Crippen LogP contribution in [-0.2, 0) is 16.2 Å². The summed E-state index contributed by atoms with van der Waals surface area (Å²) in [5.74, 6) is 0.466. The highest BCUT2D eigenvalue weighted by Crippen LogP contribution is 2.14. The first kappa shape index (κ1) is 9.02. The van der Waals surface area contributed by atoms with E-state index in [1.54, 1.807) is 6.92 Å². The van der Waals surface area contributed by atoms with Crippen molar-refractivity contribution in [1.29, 1.82) is 0 Å². The molecule has 74 valence electrons. The summed E-state index contributed by atoms with van der Waals surface area (Å²) in [5, 5.41) is 12.7. The van der Waals surface area contributed by atoms with E-state index in [1.165, 1.54) is 0 Å². The van der Waals surface area contributed by atoms with Gasteiger partial charge in [0.05, 0.1) is 6.61 Å². The Kier molecular flexibility index (Phi) is 2.37. The predicted octanol–water partition coefficient (Wildman–Crippen LogP) is 1.23. The average molecular weight is 193 g/mol. The minimum absolute atomic E-state index is 0.0114. The molecular weight excluding hydrogens is 182 g/mol. The fourth-order valence-electron chi connectivity index (χ4n) is 1.25. The molecule has 4 nitrogen and oxygen atoms in total. The van der Waals surface area contributed by atoms with Gasteiger partial charge in [0, 0.05) is 12.5 Å². The maximum absolute atomic E-state index is 8.94. The van der Waals surface area contributed by atoms with Gasteiger partial charge < -0.3 is 14.7 Å². The number of oxime groups is 1. The average Bonchev–Trinajstić information content (AvgIpc) is 2.65. The second kappa shape index (κ2) is 3.67. The van der Waals surface area contributed by atoms with Crippen LogP contribution in [0.15, 0.2) is 29.4 Å². The number of hydrogen-bond acceptors (Lipinski definition) is 4. The lowest BCUT2D eigenvalue weighted by Crippen LogP contribution is -2.08. The molecule has 1 aromatic carbocycles. The summed E-state index contributed by atoms with van der Waals surface area (Å²) in [4.78, 5) is 4.90. The van der Waals surface area contributed by atoms with Crippen molar-refractivity contribution in [2.75, 3.05) is 0 Å². The van der Waals surface area contributed by atoms with Crippen LogP contribution in [0, 0.1) is 0 Å². The lowest BCUT2D eigenvalue weighted by atomic mass is 10.1. The van der Waals surface area contributed by atoms with Gasteiger partial charge in [-0.15, -0.1) is 0 Å². The Morgan fingerprint density at radius 3 is 3.00 bits per heavy atom. The Bertz CT molecular complexity index is 362. The molecule has 0 saturated carbocycles.